The van der Waals surface area contributed by atoms with Crippen molar-refractivity contribution in [1.29, 1.82) is 0 Å². The van der Waals surface area contributed by atoms with Crippen LogP contribution in [0.1, 0.15) is 278 Å². The zero-order valence-corrected chi connectivity index (χ0v) is 49.9. The Morgan fingerprint density at radius 1 is 0.500 bits per heavy atom. The zero-order valence-electron chi connectivity index (χ0n) is 49.9. The molecular formula is C70H110N4O2. The van der Waals surface area contributed by atoms with Crippen molar-refractivity contribution in [3.05, 3.63) is 107 Å². The molecule has 422 valence electrons. The van der Waals surface area contributed by atoms with Crippen molar-refractivity contribution in [2.24, 2.45) is 10.4 Å². The van der Waals surface area contributed by atoms with E-state index < -0.39 is 5.41 Å². The van der Waals surface area contributed by atoms with Gasteiger partial charge in [0, 0.05) is 41.8 Å². The minimum Gasteiger partial charge on any atom is -0.355 e. The third-order valence-electron chi connectivity index (χ3n) is 17.4. The number of fused-ring (bicyclic) bond motifs is 2. The fraction of sp³-hybridized carbons (Fsp3) is 0.671. The number of hydrogen-bond donors (Lipinski definition) is 2. The molecule has 3 aliphatic rings. The maximum atomic E-state index is 15.0. The average molecular weight is 1040 g/mol. The molecular weight excluding hydrogens is 929 g/mol. The van der Waals surface area contributed by atoms with Gasteiger partial charge in [0.25, 0.3) is 0 Å². The lowest BCUT2D eigenvalue weighted by molar-refractivity contribution is -0.143. The highest BCUT2D eigenvalue weighted by Gasteiger charge is 2.48. The molecule has 2 aliphatic heterocycles. The Labute approximate surface area is 466 Å². The average Bonchev–Trinajstić information content (AvgIpc) is 3.85. The van der Waals surface area contributed by atoms with Crippen molar-refractivity contribution in [3.63, 3.8) is 0 Å². The van der Waals surface area contributed by atoms with Crippen molar-refractivity contribution in [3.8, 4) is 0 Å². The predicted molar refractivity (Wildman–Crippen MR) is 329 cm³/mol. The molecule has 2 amide bonds. The Hall–Kier alpha value is -4.19. The van der Waals surface area contributed by atoms with Crippen molar-refractivity contribution in [2.75, 3.05) is 24.5 Å². The van der Waals surface area contributed by atoms with Gasteiger partial charge in [0.2, 0.25) is 11.8 Å². The van der Waals surface area contributed by atoms with Crippen LogP contribution in [0.25, 0.3) is 0 Å². The number of unbranched alkanes of at least 4 members (excludes halogenated alkanes) is 30. The summed E-state index contributed by atoms with van der Waals surface area (Å²) >= 11 is 0. The summed E-state index contributed by atoms with van der Waals surface area (Å²) in [6.07, 6.45) is 53.7. The fourth-order valence-electron chi connectivity index (χ4n) is 12.4. The van der Waals surface area contributed by atoms with Crippen LogP contribution in [-0.4, -0.2) is 37.2 Å². The first-order valence-electron chi connectivity index (χ1n) is 31.9. The molecule has 0 spiro atoms. The number of para-hydroxylation sites is 2. The Morgan fingerprint density at radius 3 is 1.37 bits per heavy atom. The second-order valence-corrected chi connectivity index (χ2v) is 24.4. The van der Waals surface area contributed by atoms with Gasteiger partial charge in [0.15, 0.2) is 0 Å². The first kappa shape index (κ1) is 62.7. The van der Waals surface area contributed by atoms with Crippen molar-refractivity contribution >= 4 is 28.9 Å². The highest BCUT2D eigenvalue weighted by atomic mass is 16.2. The van der Waals surface area contributed by atoms with E-state index in [1.807, 2.05) is 0 Å². The molecule has 2 heterocycles. The van der Waals surface area contributed by atoms with Crippen LogP contribution >= 0.6 is 0 Å². The molecule has 2 aromatic carbocycles. The number of likely N-dealkylation sites (N-methyl/N-ethyl adjacent to an activating group) is 1. The van der Waals surface area contributed by atoms with Gasteiger partial charge in [0.1, 0.15) is 5.41 Å². The van der Waals surface area contributed by atoms with E-state index in [9.17, 15) is 0 Å². The van der Waals surface area contributed by atoms with Gasteiger partial charge >= 0.3 is 0 Å². The molecule has 0 radical (unpaired) electrons. The Bertz CT molecular complexity index is 2120. The van der Waals surface area contributed by atoms with E-state index >= 15 is 9.59 Å². The number of allylic oxidation sites excluding steroid dienone is 8. The number of nitrogens with zero attached hydrogens (tertiary/aromatic N) is 2. The zero-order chi connectivity index (χ0) is 54.3. The fourth-order valence-corrected chi connectivity index (χ4v) is 12.4. The lowest BCUT2D eigenvalue weighted by atomic mass is 9.70. The molecule has 2 N–H and O–H groups in total. The molecule has 0 bridgehead atoms. The van der Waals surface area contributed by atoms with E-state index in [0.717, 1.165) is 54.8 Å². The standard InChI is InChI=1S/C70H110N4O2/c1-8-11-13-15-17-19-21-23-25-27-29-31-33-35-37-43-53-71-66(75)70(67(76)72-54-44-38-36-34-32-30-28-26-24-22-20-18-16-14-12-9-2)56-58(49-51-64-68(4,5)60-45-39-41-47-62(60)73-64)55-59(57-70)50-52-65-69(6,7)61-46-40-42-48-63(61)74(65)10-3/h39-42,45-52,55H,8-38,43-44,53-54,56-57H2,1-7H3,(H,71,75)(H,72,76)/b51-49+,59-50-,65-52+. The lowest BCUT2D eigenvalue weighted by Gasteiger charge is -2.35. The molecule has 0 atom stereocenters. The monoisotopic (exact) mass is 1040 g/mol. The summed E-state index contributed by atoms with van der Waals surface area (Å²) in [6, 6.07) is 17.1. The molecule has 0 unspecified atom stereocenters. The molecule has 6 nitrogen and oxygen atoms in total. The highest BCUT2D eigenvalue weighted by molar-refractivity contribution is 6.09. The number of aliphatic imine (C=N–C) groups is 1. The number of amides is 2. The molecule has 1 aliphatic carbocycles. The van der Waals surface area contributed by atoms with Gasteiger partial charge in [-0.15, -0.1) is 0 Å². The summed E-state index contributed by atoms with van der Waals surface area (Å²) in [5.74, 6) is -0.296. The Morgan fingerprint density at radius 2 is 0.921 bits per heavy atom. The molecule has 0 fully saturated rings. The number of hydrogen-bond acceptors (Lipinski definition) is 4. The van der Waals surface area contributed by atoms with E-state index in [1.165, 1.54) is 202 Å². The molecule has 0 saturated carbocycles. The molecule has 5 rings (SSSR count). The molecule has 0 saturated heterocycles. The summed E-state index contributed by atoms with van der Waals surface area (Å²) in [6.45, 7) is 17.9. The predicted octanol–water partition coefficient (Wildman–Crippen LogP) is 19.7. The number of carbonyl (C=O) groups is 2. The van der Waals surface area contributed by atoms with Crippen LogP contribution in [0.2, 0.25) is 0 Å². The van der Waals surface area contributed by atoms with Crippen LogP contribution in [0.3, 0.4) is 0 Å². The summed E-state index contributed by atoms with van der Waals surface area (Å²) in [4.78, 5) is 37.5. The maximum Gasteiger partial charge on any atom is 0.236 e. The van der Waals surface area contributed by atoms with Gasteiger partial charge in [0.05, 0.1) is 11.4 Å². The summed E-state index contributed by atoms with van der Waals surface area (Å²) in [5.41, 5.74) is 7.24. The minimum absolute atomic E-state index is 0.148. The number of benzene rings is 2. The van der Waals surface area contributed by atoms with Gasteiger partial charge in [-0.2, -0.15) is 0 Å². The number of anilines is 1. The van der Waals surface area contributed by atoms with Gasteiger partial charge in [-0.1, -0.05) is 289 Å². The highest BCUT2D eigenvalue weighted by Crippen LogP contribution is 2.48. The largest absolute Gasteiger partial charge is 0.355 e. The van der Waals surface area contributed by atoms with Crippen LogP contribution < -0.4 is 15.5 Å². The molecule has 2 aromatic rings. The summed E-state index contributed by atoms with van der Waals surface area (Å²) in [7, 11) is 0. The maximum absolute atomic E-state index is 15.0. The van der Waals surface area contributed by atoms with Gasteiger partial charge in [-0.3, -0.25) is 14.6 Å². The topological polar surface area (TPSA) is 73.8 Å². The minimum atomic E-state index is -1.28. The van der Waals surface area contributed by atoms with E-state index in [0.29, 0.717) is 25.9 Å². The third-order valence-corrected chi connectivity index (χ3v) is 17.4. The van der Waals surface area contributed by atoms with E-state index in [4.69, 9.17) is 4.99 Å². The second-order valence-electron chi connectivity index (χ2n) is 24.4. The smallest absolute Gasteiger partial charge is 0.236 e. The van der Waals surface area contributed by atoms with Crippen molar-refractivity contribution in [1.82, 2.24) is 10.6 Å². The normalized spacial score (nSPS) is 17.3. The lowest BCUT2D eigenvalue weighted by Crippen LogP contribution is -2.53. The molecule has 76 heavy (non-hydrogen) atoms. The second kappa shape index (κ2) is 34.6. The summed E-state index contributed by atoms with van der Waals surface area (Å²) in [5, 5.41) is 6.72. The van der Waals surface area contributed by atoms with Gasteiger partial charge < -0.3 is 15.5 Å². The van der Waals surface area contributed by atoms with E-state index in [-0.39, 0.29) is 22.6 Å². The van der Waals surface area contributed by atoms with Crippen LogP contribution in [0.5, 0.6) is 0 Å². The Balaban J connectivity index is 1.23. The van der Waals surface area contributed by atoms with Crippen molar-refractivity contribution < 1.29 is 9.59 Å². The van der Waals surface area contributed by atoms with Crippen LogP contribution in [0.4, 0.5) is 11.4 Å². The summed E-state index contributed by atoms with van der Waals surface area (Å²) < 4.78 is 0. The SMILES string of the molecule is CCCCCCCCCCCCCCCCCCNC(=O)C1(C(=O)NCCCCCCCCCCCCCCCCCC)CC(/C=C/C2=Nc3ccccc3C2(C)C)=CC(=C/C=C2/N(CC)c3ccccc3C2(C)C)/C1. The van der Waals surface area contributed by atoms with Crippen molar-refractivity contribution in [2.45, 2.75) is 278 Å². The number of rotatable bonds is 40. The van der Waals surface area contributed by atoms with Crippen LogP contribution in [0, 0.1) is 5.41 Å². The van der Waals surface area contributed by atoms with Crippen LogP contribution in [0.15, 0.2) is 101 Å². The van der Waals surface area contributed by atoms with Gasteiger partial charge in [-0.05, 0) is 79.2 Å². The van der Waals surface area contributed by atoms with Gasteiger partial charge in [-0.25, -0.2) is 0 Å². The first-order valence-corrected chi connectivity index (χ1v) is 31.9. The third kappa shape index (κ3) is 19.6. The van der Waals surface area contributed by atoms with Crippen LogP contribution in [-0.2, 0) is 20.4 Å². The number of nitrogens with one attached hydrogen (secondary N) is 2. The number of carbonyl (C=O) groups excluding carboxylic acids is 2. The molecule has 0 aromatic heterocycles. The van der Waals surface area contributed by atoms with E-state index in [2.05, 4.69) is 143 Å². The quantitative estimate of drug-likeness (QED) is 0.0516. The van der Waals surface area contributed by atoms with E-state index in [1.54, 1.807) is 0 Å². The Kier molecular flexibility index (Phi) is 28.6. The molecule has 6 heteroatoms. The first-order chi connectivity index (χ1) is 37.0.